The fraction of sp³-hybridized carbons (Fsp3) is 0.292. The van der Waals surface area contributed by atoms with E-state index < -0.39 is 12.2 Å². The standard InChI is InChI=1S/C24H23NO5S/c26-22(17-7-8-19-20(12-17)30-10-9-29-19)25-23-21(24(27)28)18(13-31-23)16-6-5-14-3-1-2-4-15(14)11-16/h1-4,7-8,12-13,16,22,25-26H,5-6,9-11H2,(H,27,28). The van der Waals surface area contributed by atoms with Gasteiger partial charge in [0.25, 0.3) is 0 Å². The number of hydrogen-bond acceptors (Lipinski definition) is 6. The van der Waals surface area contributed by atoms with Crippen molar-refractivity contribution in [2.24, 2.45) is 0 Å². The Morgan fingerprint density at radius 2 is 1.87 bits per heavy atom. The van der Waals surface area contributed by atoms with Crippen molar-refractivity contribution in [3.63, 3.8) is 0 Å². The Bertz CT molecular complexity index is 1120. The van der Waals surface area contributed by atoms with E-state index in [0.717, 1.165) is 24.8 Å². The molecule has 1 aliphatic carbocycles. The summed E-state index contributed by atoms with van der Waals surface area (Å²) in [6, 6.07) is 13.6. The first-order valence-corrected chi connectivity index (χ1v) is 11.2. The summed E-state index contributed by atoms with van der Waals surface area (Å²) in [5.74, 6) is 0.395. The van der Waals surface area contributed by atoms with E-state index in [2.05, 4.69) is 17.4 Å². The van der Waals surface area contributed by atoms with Gasteiger partial charge >= 0.3 is 5.97 Å². The molecule has 160 valence electrons. The predicted octanol–water partition coefficient (Wildman–Crippen LogP) is 4.59. The Labute approximate surface area is 184 Å². The number of aliphatic hydroxyl groups is 1. The molecule has 0 bridgehead atoms. The second kappa shape index (κ2) is 8.24. The van der Waals surface area contributed by atoms with Crippen LogP contribution < -0.4 is 14.8 Å². The van der Waals surface area contributed by atoms with Crippen molar-refractivity contribution in [3.8, 4) is 11.5 Å². The van der Waals surface area contributed by atoms with Crippen LogP contribution in [0, 0.1) is 0 Å². The molecule has 1 aliphatic heterocycles. The highest BCUT2D eigenvalue weighted by atomic mass is 32.1. The molecule has 0 spiro atoms. The van der Waals surface area contributed by atoms with E-state index in [1.54, 1.807) is 18.2 Å². The molecule has 2 atom stereocenters. The van der Waals surface area contributed by atoms with Gasteiger partial charge in [0, 0.05) is 5.56 Å². The maximum absolute atomic E-state index is 12.1. The number of rotatable bonds is 5. The third-order valence-electron chi connectivity index (χ3n) is 5.97. The highest BCUT2D eigenvalue weighted by Gasteiger charge is 2.28. The minimum absolute atomic E-state index is 0.152. The Morgan fingerprint density at radius 3 is 2.68 bits per heavy atom. The van der Waals surface area contributed by atoms with Gasteiger partial charge in [0.1, 0.15) is 18.2 Å². The Kier molecular flexibility index (Phi) is 5.29. The summed E-state index contributed by atoms with van der Waals surface area (Å²) in [6.07, 6.45) is 1.63. The Morgan fingerprint density at radius 1 is 1.10 bits per heavy atom. The van der Waals surface area contributed by atoms with Crippen LogP contribution in [0.4, 0.5) is 5.00 Å². The average Bonchev–Trinajstić information content (AvgIpc) is 3.22. The van der Waals surface area contributed by atoms with Gasteiger partial charge in [-0.3, -0.25) is 0 Å². The number of hydrogen-bond donors (Lipinski definition) is 3. The van der Waals surface area contributed by atoms with E-state index in [1.807, 2.05) is 17.5 Å². The average molecular weight is 438 g/mol. The summed E-state index contributed by atoms with van der Waals surface area (Å²) < 4.78 is 11.1. The molecule has 6 nitrogen and oxygen atoms in total. The summed E-state index contributed by atoms with van der Waals surface area (Å²) >= 11 is 1.32. The molecule has 1 aromatic heterocycles. The number of carboxylic acids is 1. The molecule has 2 heterocycles. The highest BCUT2D eigenvalue weighted by Crippen LogP contribution is 2.41. The molecular weight excluding hydrogens is 414 g/mol. The Hall–Kier alpha value is -3.03. The number of benzene rings is 2. The minimum Gasteiger partial charge on any atom is -0.486 e. The lowest BCUT2D eigenvalue weighted by atomic mass is 9.80. The number of fused-ring (bicyclic) bond motifs is 2. The van der Waals surface area contributed by atoms with Crippen molar-refractivity contribution >= 4 is 22.3 Å². The number of anilines is 1. The third-order valence-corrected chi connectivity index (χ3v) is 6.90. The Balaban J connectivity index is 1.39. The molecule has 0 saturated heterocycles. The minimum atomic E-state index is -1.06. The van der Waals surface area contributed by atoms with Crippen LogP contribution in [-0.4, -0.2) is 29.4 Å². The largest absolute Gasteiger partial charge is 0.486 e. The molecule has 2 aromatic carbocycles. The number of carboxylic acid groups (broad SMARTS) is 1. The summed E-state index contributed by atoms with van der Waals surface area (Å²) in [6.45, 7) is 0.959. The summed E-state index contributed by atoms with van der Waals surface area (Å²) in [7, 11) is 0. The topological polar surface area (TPSA) is 88.0 Å². The number of aliphatic hydroxyl groups excluding tert-OH is 1. The molecular formula is C24H23NO5S. The molecule has 0 amide bonds. The van der Waals surface area contributed by atoms with E-state index in [0.29, 0.717) is 35.3 Å². The van der Waals surface area contributed by atoms with E-state index in [-0.39, 0.29) is 11.5 Å². The van der Waals surface area contributed by atoms with Crippen LogP contribution in [0.15, 0.2) is 47.8 Å². The zero-order valence-electron chi connectivity index (χ0n) is 16.8. The molecule has 2 unspecified atom stereocenters. The van der Waals surface area contributed by atoms with Gasteiger partial charge in [0.05, 0.1) is 5.56 Å². The molecule has 5 rings (SSSR count). The fourth-order valence-corrected chi connectivity index (χ4v) is 5.46. The van der Waals surface area contributed by atoms with E-state index in [4.69, 9.17) is 9.47 Å². The van der Waals surface area contributed by atoms with Gasteiger partial charge in [-0.15, -0.1) is 11.3 Å². The number of thiophene rings is 1. The van der Waals surface area contributed by atoms with Crippen molar-refractivity contribution in [2.75, 3.05) is 18.5 Å². The second-order valence-corrected chi connectivity index (χ2v) is 8.74. The van der Waals surface area contributed by atoms with Gasteiger partial charge in [0.2, 0.25) is 0 Å². The van der Waals surface area contributed by atoms with Crippen LogP contribution >= 0.6 is 11.3 Å². The van der Waals surface area contributed by atoms with Crippen molar-refractivity contribution in [2.45, 2.75) is 31.4 Å². The zero-order chi connectivity index (χ0) is 21.4. The molecule has 7 heteroatoms. The lowest BCUT2D eigenvalue weighted by Gasteiger charge is -2.25. The number of aromatic carboxylic acids is 1. The van der Waals surface area contributed by atoms with Crippen LogP contribution in [0.2, 0.25) is 0 Å². The highest BCUT2D eigenvalue weighted by molar-refractivity contribution is 7.14. The van der Waals surface area contributed by atoms with Crippen molar-refractivity contribution in [3.05, 3.63) is 75.7 Å². The van der Waals surface area contributed by atoms with E-state index >= 15 is 0 Å². The molecule has 0 radical (unpaired) electrons. The lowest BCUT2D eigenvalue weighted by molar-refractivity contribution is 0.0696. The molecule has 3 aromatic rings. The van der Waals surface area contributed by atoms with Crippen LogP contribution in [0.5, 0.6) is 11.5 Å². The van der Waals surface area contributed by atoms with Gasteiger partial charge < -0.3 is 25.0 Å². The fourth-order valence-electron chi connectivity index (χ4n) is 4.40. The number of aryl methyl sites for hydroxylation is 1. The smallest absolute Gasteiger partial charge is 0.338 e. The van der Waals surface area contributed by atoms with Crippen LogP contribution in [0.3, 0.4) is 0 Å². The molecule has 0 fully saturated rings. The second-order valence-electron chi connectivity index (χ2n) is 7.86. The molecule has 0 saturated carbocycles. The van der Waals surface area contributed by atoms with Crippen LogP contribution in [0.1, 0.15) is 51.2 Å². The van der Waals surface area contributed by atoms with Crippen molar-refractivity contribution in [1.82, 2.24) is 0 Å². The van der Waals surface area contributed by atoms with Crippen molar-refractivity contribution in [1.29, 1.82) is 0 Å². The molecule has 3 N–H and O–H groups in total. The van der Waals surface area contributed by atoms with Gasteiger partial charge in [-0.25, -0.2) is 4.79 Å². The normalized spacial score (nSPS) is 18.2. The van der Waals surface area contributed by atoms with E-state index in [9.17, 15) is 15.0 Å². The first-order chi connectivity index (χ1) is 15.1. The SMILES string of the molecule is O=C(O)c1c(C2CCc3ccccc3C2)csc1NC(O)c1ccc2c(c1)OCCO2. The van der Waals surface area contributed by atoms with Crippen LogP contribution in [0.25, 0.3) is 0 Å². The van der Waals surface area contributed by atoms with E-state index in [1.165, 1.54) is 22.5 Å². The van der Waals surface area contributed by atoms with Crippen LogP contribution in [-0.2, 0) is 12.8 Å². The quantitative estimate of drug-likeness (QED) is 0.506. The van der Waals surface area contributed by atoms with Crippen molar-refractivity contribution < 1.29 is 24.5 Å². The summed E-state index contributed by atoms with van der Waals surface area (Å²) in [4.78, 5) is 12.1. The number of carbonyl (C=O) groups is 1. The van der Waals surface area contributed by atoms with Gasteiger partial charge in [-0.2, -0.15) is 0 Å². The monoisotopic (exact) mass is 437 g/mol. The zero-order valence-corrected chi connectivity index (χ0v) is 17.7. The maximum atomic E-state index is 12.1. The first-order valence-electron chi connectivity index (χ1n) is 10.4. The molecule has 2 aliphatic rings. The number of ether oxygens (including phenoxy) is 2. The molecule has 31 heavy (non-hydrogen) atoms. The lowest BCUT2D eigenvalue weighted by Crippen LogP contribution is -2.17. The first kappa shape index (κ1) is 19.9. The number of nitrogens with one attached hydrogen (secondary N) is 1. The summed E-state index contributed by atoms with van der Waals surface area (Å²) in [5, 5.41) is 26.1. The van der Waals surface area contributed by atoms with Gasteiger partial charge in [-0.05, 0) is 59.4 Å². The van der Waals surface area contributed by atoms with Gasteiger partial charge in [-0.1, -0.05) is 30.3 Å². The third kappa shape index (κ3) is 3.86. The summed E-state index contributed by atoms with van der Waals surface area (Å²) in [5.41, 5.74) is 4.31. The predicted molar refractivity (Wildman–Crippen MR) is 119 cm³/mol. The van der Waals surface area contributed by atoms with Gasteiger partial charge in [0.15, 0.2) is 17.7 Å². The maximum Gasteiger partial charge on any atom is 0.338 e.